The van der Waals surface area contributed by atoms with Gasteiger partial charge in [-0.25, -0.2) is 4.79 Å². The molecule has 7 heteroatoms. The maximum Gasteiger partial charge on any atom is 0.419 e. The summed E-state index contributed by atoms with van der Waals surface area (Å²) >= 11 is 0. The van der Waals surface area contributed by atoms with Crippen molar-refractivity contribution in [2.45, 2.75) is 25.9 Å². The summed E-state index contributed by atoms with van der Waals surface area (Å²) < 4.78 is 6.76. The van der Waals surface area contributed by atoms with Crippen LogP contribution in [0.2, 0.25) is 0 Å². The van der Waals surface area contributed by atoms with E-state index in [1.54, 1.807) is 36.6 Å². The Morgan fingerprint density at radius 2 is 2.09 bits per heavy atom. The molecule has 0 saturated heterocycles. The van der Waals surface area contributed by atoms with E-state index in [0.717, 1.165) is 0 Å². The molecular weight excluding hydrogens is 284 g/mol. The SMILES string of the molecule is CN(C)CCn1c(=O)oc2ccc(NC(=O)C(C)(C)N)cc21. The minimum absolute atomic E-state index is 0.294. The highest BCUT2D eigenvalue weighted by Crippen LogP contribution is 2.19. The monoisotopic (exact) mass is 306 g/mol. The molecule has 0 aliphatic heterocycles. The highest BCUT2D eigenvalue weighted by molar-refractivity contribution is 5.98. The summed E-state index contributed by atoms with van der Waals surface area (Å²) in [6.07, 6.45) is 0. The Balaban J connectivity index is 2.34. The number of nitrogens with one attached hydrogen (secondary N) is 1. The summed E-state index contributed by atoms with van der Waals surface area (Å²) in [6, 6.07) is 5.08. The second-order valence-corrected chi connectivity index (χ2v) is 6.18. The summed E-state index contributed by atoms with van der Waals surface area (Å²) in [6.45, 7) is 4.48. The van der Waals surface area contributed by atoms with Crippen molar-refractivity contribution in [3.63, 3.8) is 0 Å². The smallest absolute Gasteiger partial charge is 0.408 e. The zero-order valence-electron chi connectivity index (χ0n) is 13.3. The van der Waals surface area contributed by atoms with Crippen molar-refractivity contribution in [3.05, 3.63) is 28.7 Å². The van der Waals surface area contributed by atoms with Crippen molar-refractivity contribution >= 4 is 22.7 Å². The van der Waals surface area contributed by atoms with Crippen LogP contribution in [0.15, 0.2) is 27.4 Å². The molecule has 3 N–H and O–H groups in total. The number of oxazole rings is 1. The molecule has 0 saturated carbocycles. The standard InChI is InChI=1S/C15H22N4O3/c1-15(2,16)13(20)17-10-5-6-12-11(9-10)19(14(21)22-12)8-7-18(3)4/h5-6,9H,7-8,16H2,1-4H3,(H,17,20). The Morgan fingerprint density at radius 1 is 1.41 bits per heavy atom. The van der Waals surface area contributed by atoms with Gasteiger partial charge in [-0.05, 0) is 46.1 Å². The molecule has 2 aromatic rings. The van der Waals surface area contributed by atoms with Gasteiger partial charge < -0.3 is 20.4 Å². The third-order valence-corrected chi connectivity index (χ3v) is 3.28. The van der Waals surface area contributed by atoms with Crippen LogP contribution < -0.4 is 16.8 Å². The van der Waals surface area contributed by atoms with Crippen LogP contribution >= 0.6 is 0 Å². The minimum Gasteiger partial charge on any atom is -0.408 e. The molecule has 1 amide bonds. The van der Waals surface area contributed by atoms with E-state index < -0.39 is 11.3 Å². The molecule has 0 fully saturated rings. The number of anilines is 1. The molecule has 0 bridgehead atoms. The van der Waals surface area contributed by atoms with E-state index in [-0.39, 0.29) is 5.91 Å². The first-order chi connectivity index (χ1) is 10.2. The van der Waals surface area contributed by atoms with Gasteiger partial charge in [0.25, 0.3) is 0 Å². The van der Waals surface area contributed by atoms with Gasteiger partial charge >= 0.3 is 5.76 Å². The number of aromatic nitrogens is 1. The zero-order valence-corrected chi connectivity index (χ0v) is 13.3. The molecule has 0 spiro atoms. The van der Waals surface area contributed by atoms with E-state index in [2.05, 4.69) is 5.32 Å². The number of likely N-dealkylation sites (N-methyl/N-ethyl adjacent to an activating group) is 1. The Hall–Kier alpha value is -2.12. The first-order valence-corrected chi connectivity index (χ1v) is 7.07. The lowest BCUT2D eigenvalue weighted by Gasteiger charge is -2.17. The number of nitrogens with zero attached hydrogens (tertiary/aromatic N) is 2. The number of amides is 1. The number of fused-ring (bicyclic) bond motifs is 1. The summed E-state index contributed by atoms with van der Waals surface area (Å²) in [4.78, 5) is 25.8. The third-order valence-electron chi connectivity index (χ3n) is 3.28. The number of rotatable bonds is 5. The highest BCUT2D eigenvalue weighted by atomic mass is 16.4. The molecule has 0 unspecified atom stereocenters. The highest BCUT2D eigenvalue weighted by Gasteiger charge is 2.22. The maximum absolute atomic E-state index is 11.9. The van der Waals surface area contributed by atoms with Gasteiger partial charge in [0.05, 0.1) is 11.1 Å². The van der Waals surface area contributed by atoms with Gasteiger partial charge in [0, 0.05) is 18.8 Å². The number of hydrogen-bond acceptors (Lipinski definition) is 5. The van der Waals surface area contributed by atoms with Crippen molar-refractivity contribution in [2.75, 3.05) is 26.0 Å². The van der Waals surface area contributed by atoms with Gasteiger partial charge in [-0.1, -0.05) is 0 Å². The quantitative estimate of drug-likeness (QED) is 0.853. The van der Waals surface area contributed by atoms with Crippen LogP contribution in [0, 0.1) is 0 Å². The van der Waals surface area contributed by atoms with Gasteiger partial charge in [-0.3, -0.25) is 9.36 Å². The first-order valence-electron chi connectivity index (χ1n) is 7.07. The Morgan fingerprint density at radius 3 is 2.68 bits per heavy atom. The van der Waals surface area contributed by atoms with Gasteiger partial charge in [-0.2, -0.15) is 0 Å². The van der Waals surface area contributed by atoms with Crippen LogP contribution in [0.5, 0.6) is 0 Å². The van der Waals surface area contributed by atoms with E-state index in [0.29, 0.717) is 29.9 Å². The fourth-order valence-corrected chi connectivity index (χ4v) is 1.94. The van der Waals surface area contributed by atoms with E-state index in [4.69, 9.17) is 10.2 Å². The van der Waals surface area contributed by atoms with Crippen molar-refractivity contribution in [3.8, 4) is 0 Å². The van der Waals surface area contributed by atoms with E-state index in [1.165, 1.54) is 0 Å². The first kappa shape index (κ1) is 16.3. The van der Waals surface area contributed by atoms with Crippen molar-refractivity contribution < 1.29 is 9.21 Å². The molecular formula is C15H22N4O3. The Kier molecular flexibility index (Phi) is 4.39. The third kappa shape index (κ3) is 3.55. The fraction of sp³-hybridized carbons (Fsp3) is 0.467. The molecule has 1 heterocycles. The van der Waals surface area contributed by atoms with Gasteiger partial charge in [0.2, 0.25) is 5.91 Å². The Bertz CT molecular complexity index is 737. The number of nitrogens with two attached hydrogens (primary N) is 1. The molecule has 1 aromatic heterocycles. The van der Waals surface area contributed by atoms with Crippen LogP contribution in [0.4, 0.5) is 5.69 Å². The molecule has 22 heavy (non-hydrogen) atoms. The van der Waals surface area contributed by atoms with E-state index in [9.17, 15) is 9.59 Å². The van der Waals surface area contributed by atoms with E-state index >= 15 is 0 Å². The maximum atomic E-state index is 11.9. The summed E-state index contributed by atoms with van der Waals surface area (Å²) in [5.74, 6) is -0.697. The molecule has 0 aliphatic rings. The summed E-state index contributed by atoms with van der Waals surface area (Å²) in [7, 11) is 3.87. The second-order valence-electron chi connectivity index (χ2n) is 6.18. The second kappa shape index (κ2) is 5.94. The summed E-state index contributed by atoms with van der Waals surface area (Å²) in [5.41, 5.74) is 6.51. The van der Waals surface area contributed by atoms with Crippen LogP contribution in [0.25, 0.3) is 11.1 Å². The lowest BCUT2D eigenvalue weighted by Crippen LogP contribution is -2.45. The molecule has 0 radical (unpaired) electrons. The largest absolute Gasteiger partial charge is 0.419 e. The van der Waals surface area contributed by atoms with Crippen LogP contribution in [0.3, 0.4) is 0 Å². The minimum atomic E-state index is -0.976. The number of carbonyl (C=O) groups is 1. The van der Waals surface area contributed by atoms with Gasteiger partial charge in [-0.15, -0.1) is 0 Å². The molecule has 2 rings (SSSR count). The van der Waals surface area contributed by atoms with Gasteiger partial charge in [0.1, 0.15) is 0 Å². The molecule has 0 aliphatic carbocycles. The molecule has 120 valence electrons. The average molecular weight is 306 g/mol. The lowest BCUT2D eigenvalue weighted by molar-refractivity contribution is -0.120. The van der Waals surface area contributed by atoms with Gasteiger partial charge in [0.15, 0.2) is 5.58 Å². The normalized spacial score (nSPS) is 12.1. The van der Waals surface area contributed by atoms with Crippen LogP contribution in [-0.4, -0.2) is 41.6 Å². The molecule has 0 atom stereocenters. The predicted molar refractivity (Wildman–Crippen MR) is 85.9 cm³/mol. The topological polar surface area (TPSA) is 93.5 Å². The van der Waals surface area contributed by atoms with Crippen molar-refractivity contribution in [1.82, 2.24) is 9.47 Å². The van der Waals surface area contributed by atoms with Crippen LogP contribution in [-0.2, 0) is 11.3 Å². The number of benzene rings is 1. The molecule has 1 aromatic carbocycles. The average Bonchev–Trinajstić information content (AvgIpc) is 2.70. The van der Waals surface area contributed by atoms with Crippen LogP contribution in [0.1, 0.15) is 13.8 Å². The number of carbonyl (C=O) groups excluding carboxylic acids is 1. The zero-order chi connectivity index (χ0) is 16.5. The van der Waals surface area contributed by atoms with Crippen molar-refractivity contribution in [2.24, 2.45) is 5.73 Å². The molecule has 7 nitrogen and oxygen atoms in total. The summed E-state index contributed by atoms with van der Waals surface area (Å²) in [5, 5.41) is 2.74. The van der Waals surface area contributed by atoms with Crippen molar-refractivity contribution in [1.29, 1.82) is 0 Å². The predicted octanol–water partition coefficient (Wildman–Crippen LogP) is 0.832. The van der Waals surface area contributed by atoms with E-state index in [1.807, 2.05) is 19.0 Å². The Labute approximate surface area is 128 Å². The lowest BCUT2D eigenvalue weighted by atomic mass is 10.1. The number of hydrogen-bond donors (Lipinski definition) is 2. The fourth-order valence-electron chi connectivity index (χ4n) is 1.94.